The number of ketones is 1. The third-order valence-corrected chi connectivity index (χ3v) is 3.96. The van der Waals surface area contributed by atoms with Gasteiger partial charge in [0.15, 0.2) is 5.78 Å². The number of unbranched alkanes of at least 4 members (excludes halogenated alkanes) is 1. The number of Topliss-reactive ketones (excluding diaryl/α,β-unsaturated/α-hetero) is 1. The molecule has 110 valence electrons. The van der Waals surface area contributed by atoms with Crippen molar-refractivity contribution < 1.29 is 9.18 Å². The van der Waals surface area contributed by atoms with Crippen LogP contribution in [0.25, 0.3) is 0 Å². The first kappa shape index (κ1) is 15.2. The van der Waals surface area contributed by atoms with Gasteiger partial charge in [-0.2, -0.15) is 0 Å². The van der Waals surface area contributed by atoms with E-state index in [0.29, 0.717) is 6.04 Å². The van der Waals surface area contributed by atoms with E-state index in [-0.39, 0.29) is 17.3 Å². The predicted molar refractivity (Wildman–Crippen MR) is 79.4 cm³/mol. The number of nitrogens with zero attached hydrogens (tertiary/aromatic N) is 1. The van der Waals surface area contributed by atoms with Crippen LogP contribution >= 0.6 is 0 Å². The van der Waals surface area contributed by atoms with Crippen molar-refractivity contribution in [2.75, 3.05) is 13.1 Å². The molecule has 0 heterocycles. The van der Waals surface area contributed by atoms with Gasteiger partial charge in [-0.3, -0.25) is 9.69 Å². The molecule has 0 amide bonds. The summed E-state index contributed by atoms with van der Waals surface area (Å²) in [6.07, 6.45) is 4.81. The number of rotatable bonds is 8. The molecular weight excluding hydrogens is 253 g/mol. The zero-order valence-corrected chi connectivity index (χ0v) is 12.4. The van der Waals surface area contributed by atoms with Crippen LogP contribution in [0.4, 0.5) is 4.39 Å². The highest BCUT2D eigenvalue weighted by Crippen LogP contribution is 2.28. The fraction of sp³-hybridized carbons (Fsp3) is 0.588. The van der Waals surface area contributed by atoms with Crippen molar-refractivity contribution in [3.63, 3.8) is 0 Å². The number of halogens is 1. The van der Waals surface area contributed by atoms with Crippen LogP contribution in [0.5, 0.6) is 0 Å². The zero-order chi connectivity index (χ0) is 14.5. The molecule has 0 spiro atoms. The minimum Gasteiger partial charge on any atom is -0.300 e. The maximum Gasteiger partial charge on any atom is 0.169 e. The summed E-state index contributed by atoms with van der Waals surface area (Å²) in [5.41, 5.74) is 0.228. The van der Waals surface area contributed by atoms with Crippen molar-refractivity contribution in [1.82, 2.24) is 4.90 Å². The van der Waals surface area contributed by atoms with Crippen LogP contribution in [0.15, 0.2) is 24.3 Å². The minimum atomic E-state index is -0.407. The Balaban J connectivity index is 1.97. The largest absolute Gasteiger partial charge is 0.300 e. The molecule has 0 aromatic heterocycles. The Labute approximate surface area is 121 Å². The van der Waals surface area contributed by atoms with Crippen LogP contribution in [-0.2, 0) is 0 Å². The second-order valence-corrected chi connectivity index (χ2v) is 5.82. The number of benzene rings is 1. The van der Waals surface area contributed by atoms with Gasteiger partial charge in [0.25, 0.3) is 0 Å². The summed E-state index contributed by atoms with van der Waals surface area (Å²) in [5, 5.41) is 0. The predicted octanol–water partition coefficient (Wildman–Crippen LogP) is 3.91. The van der Waals surface area contributed by atoms with Crippen molar-refractivity contribution in [3.8, 4) is 0 Å². The standard InChI is InChI=1S/C17H24FNO/c1-3-4-11-19(14-9-10-14)12-13(2)17(20)15-7-5-6-8-16(15)18/h5-8,13-14H,3-4,9-12H2,1-2H3. The molecule has 0 radical (unpaired) electrons. The first-order valence-corrected chi connectivity index (χ1v) is 7.66. The average molecular weight is 277 g/mol. The van der Waals surface area contributed by atoms with E-state index in [4.69, 9.17) is 0 Å². The van der Waals surface area contributed by atoms with Crippen molar-refractivity contribution in [1.29, 1.82) is 0 Å². The lowest BCUT2D eigenvalue weighted by Gasteiger charge is -2.25. The molecule has 0 N–H and O–H groups in total. The maximum atomic E-state index is 13.7. The molecule has 0 aliphatic heterocycles. The highest BCUT2D eigenvalue weighted by atomic mass is 19.1. The van der Waals surface area contributed by atoms with E-state index in [1.54, 1.807) is 18.2 Å². The first-order chi connectivity index (χ1) is 9.63. The zero-order valence-electron chi connectivity index (χ0n) is 12.4. The first-order valence-electron chi connectivity index (χ1n) is 7.66. The van der Waals surface area contributed by atoms with Crippen molar-refractivity contribution in [2.24, 2.45) is 5.92 Å². The molecule has 1 saturated carbocycles. The van der Waals surface area contributed by atoms with E-state index in [0.717, 1.165) is 19.5 Å². The quantitative estimate of drug-likeness (QED) is 0.671. The molecule has 2 nitrogen and oxygen atoms in total. The Morgan fingerprint density at radius 3 is 2.70 bits per heavy atom. The summed E-state index contributed by atoms with van der Waals surface area (Å²) in [6, 6.07) is 6.93. The topological polar surface area (TPSA) is 20.3 Å². The van der Waals surface area contributed by atoms with E-state index in [2.05, 4.69) is 11.8 Å². The van der Waals surface area contributed by atoms with Gasteiger partial charge in [0.1, 0.15) is 5.82 Å². The molecule has 1 atom stereocenters. The Hall–Kier alpha value is -1.22. The summed E-state index contributed by atoms with van der Waals surface area (Å²) in [4.78, 5) is 14.8. The molecule has 0 saturated heterocycles. The SMILES string of the molecule is CCCCN(CC(C)C(=O)c1ccccc1F)C1CC1. The molecule has 0 bridgehead atoms. The molecule has 1 aliphatic rings. The molecular formula is C17H24FNO. The maximum absolute atomic E-state index is 13.7. The van der Waals surface area contributed by atoms with Gasteiger partial charge in [-0.15, -0.1) is 0 Å². The Morgan fingerprint density at radius 2 is 2.10 bits per heavy atom. The molecule has 1 aliphatic carbocycles. The normalized spacial score (nSPS) is 16.4. The van der Waals surface area contributed by atoms with E-state index in [9.17, 15) is 9.18 Å². The van der Waals surface area contributed by atoms with Gasteiger partial charge in [-0.25, -0.2) is 4.39 Å². The average Bonchev–Trinajstić information content (AvgIpc) is 3.27. The Morgan fingerprint density at radius 1 is 1.40 bits per heavy atom. The molecule has 2 rings (SSSR count). The number of hydrogen-bond acceptors (Lipinski definition) is 2. The number of carbonyl (C=O) groups is 1. The van der Waals surface area contributed by atoms with Crippen LogP contribution < -0.4 is 0 Å². The van der Waals surface area contributed by atoms with E-state index < -0.39 is 5.82 Å². The second-order valence-electron chi connectivity index (χ2n) is 5.82. The smallest absolute Gasteiger partial charge is 0.169 e. The monoisotopic (exact) mass is 277 g/mol. The van der Waals surface area contributed by atoms with Gasteiger partial charge in [0.2, 0.25) is 0 Å². The molecule has 1 unspecified atom stereocenters. The molecule has 1 fully saturated rings. The highest BCUT2D eigenvalue weighted by molar-refractivity contribution is 5.98. The summed E-state index contributed by atoms with van der Waals surface area (Å²) >= 11 is 0. The summed E-state index contributed by atoms with van der Waals surface area (Å²) in [6.45, 7) is 5.89. The van der Waals surface area contributed by atoms with Crippen LogP contribution in [0.2, 0.25) is 0 Å². The van der Waals surface area contributed by atoms with Gasteiger partial charge < -0.3 is 0 Å². The van der Waals surface area contributed by atoms with Crippen LogP contribution in [0.3, 0.4) is 0 Å². The van der Waals surface area contributed by atoms with E-state index >= 15 is 0 Å². The van der Waals surface area contributed by atoms with Crippen LogP contribution in [-0.4, -0.2) is 29.8 Å². The number of hydrogen-bond donors (Lipinski definition) is 0. The van der Waals surface area contributed by atoms with Gasteiger partial charge >= 0.3 is 0 Å². The van der Waals surface area contributed by atoms with Gasteiger partial charge in [-0.05, 0) is 37.9 Å². The fourth-order valence-corrected chi connectivity index (χ4v) is 2.58. The third-order valence-electron chi connectivity index (χ3n) is 3.96. The Kier molecular flexibility index (Phi) is 5.30. The van der Waals surface area contributed by atoms with Crippen molar-refractivity contribution in [3.05, 3.63) is 35.6 Å². The molecule has 20 heavy (non-hydrogen) atoms. The van der Waals surface area contributed by atoms with E-state index in [1.807, 2.05) is 6.92 Å². The lowest BCUT2D eigenvalue weighted by Crippen LogP contribution is -2.34. The molecule has 1 aromatic carbocycles. The summed E-state index contributed by atoms with van der Waals surface area (Å²) < 4.78 is 13.7. The van der Waals surface area contributed by atoms with Crippen LogP contribution in [0.1, 0.15) is 49.9 Å². The molecule has 1 aromatic rings. The van der Waals surface area contributed by atoms with Crippen molar-refractivity contribution in [2.45, 2.75) is 45.6 Å². The number of carbonyl (C=O) groups excluding carboxylic acids is 1. The summed E-state index contributed by atoms with van der Waals surface area (Å²) in [7, 11) is 0. The fourth-order valence-electron chi connectivity index (χ4n) is 2.58. The lowest BCUT2D eigenvalue weighted by molar-refractivity contribution is 0.0885. The van der Waals surface area contributed by atoms with Crippen LogP contribution in [0, 0.1) is 11.7 Å². The van der Waals surface area contributed by atoms with E-state index in [1.165, 1.54) is 25.3 Å². The van der Waals surface area contributed by atoms with Gasteiger partial charge in [0.05, 0.1) is 5.56 Å². The summed E-state index contributed by atoms with van der Waals surface area (Å²) in [5.74, 6) is -0.634. The van der Waals surface area contributed by atoms with Gasteiger partial charge in [0, 0.05) is 18.5 Å². The highest BCUT2D eigenvalue weighted by Gasteiger charge is 2.31. The second kappa shape index (κ2) is 6.98. The Bertz CT molecular complexity index is 456. The minimum absolute atomic E-state index is 0.0785. The third kappa shape index (κ3) is 3.89. The van der Waals surface area contributed by atoms with Gasteiger partial charge in [-0.1, -0.05) is 32.4 Å². The molecule has 3 heteroatoms. The lowest BCUT2D eigenvalue weighted by atomic mass is 9.98. The van der Waals surface area contributed by atoms with Crippen molar-refractivity contribution >= 4 is 5.78 Å².